The zero-order valence-corrected chi connectivity index (χ0v) is 26.0. The summed E-state index contributed by atoms with van der Waals surface area (Å²) in [4.78, 5) is 22.8. The average molecular weight is 640 g/mol. The molecule has 5 heterocycles. The summed E-state index contributed by atoms with van der Waals surface area (Å²) in [5.74, 6) is 1.78. The minimum atomic E-state index is -3.60. The van der Waals surface area contributed by atoms with E-state index < -0.39 is 10.0 Å². The highest BCUT2D eigenvalue weighted by Gasteiger charge is 2.27. The number of sulfonamides is 1. The van der Waals surface area contributed by atoms with Crippen molar-refractivity contribution >= 4 is 67.2 Å². The van der Waals surface area contributed by atoms with Crippen LogP contribution in [0.2, 0.25) is 5.02 Å². The summed E-state index contributed by atoms with van der Waals surface area (Å²) in [7, 11) is -2.02. The lowest BCUT2D eigenvalue weighted by molar-refractivity contribution is 0.0114. The van der Waals surface area contributed by atoms with Crippen molar-refractivity contribution in [2.45, 2.75) is 18.9 Å². The molecule has 0 atom stereocenters. The van der Waals surface area contributed by atoms with Crippen molar-refractivity contribution in [3.05, 3.63) is 53.8 Å². The highest BCUT2D eigenvalue weighted by Crippen LogP contribution is 2.35. The van der Waals surface area contributed by atoms with Crippen molar-refractivity contribution in [3.8, 4) is 5.88 Å². The first-order valence-electron chi connectivity index (χ1n) is 14.3. The van der Waals surface area contributed by atoms with Crippen molar-refractivity contribution in [2.24, 2.45) is 0 Å². The molecule has 4 aromatic rings. The predicted molar refractivity (Wildman–Crippen MR) is 172 cm³/mol. The smallest absolute Gasteiger partial charge is 0.239 e. The van der Waals surface area contributed by atoms with Crippen molar-refractivity contribution in [1.82, 2.24) is 24.8 Å². The largest absolute Gasteiger partial charge is 0.479 e. The monoisotopic (exact) mass is 639 g/mol. The first-order chi connectivity index (χ1) is 21.3. The van der Waals surface area contributed by atoms with Gasteiger partial charge in [0.25, 0.3) is 0 Å². The summed E-state index contributed by atoms with van der Waals surface area (Å²) in [5.41, 5.74) is 2.00. The molecular weight excluding hydrogens is 606 g/mol. The molecule has 232 valence electrons. The van der Waals surface area contributed by atoms with Gasteiger partial charge < -0.3 is 25.0 Å². The molecule has 0 aliphatic carbocycles. The van der Waals surface area contributed by atoms with E-state index in [9.17, 15) is 8.42 Å². The summed E-state index contributed by atoms with van der Waals surface area (Å²) >= 11 is 6.46. The molecule has 6 rings (SSSR count). The number of fused-ring (bicyclic) bond motifs is 1. The van der Waals surface area contributed by atoms with E-state index in [0.717, 1.165) is 64.3 Å². The van der Waals surface area contributed by atoms with Gasteiger partial charge in [0.15, 0.2) is 5.82 Å². The molecule has 1 aromatic carbocycles. The van der Waals surface area contributed by atoms with Crippen LogP contribution >= 0.6 is 11.6 Å². The van der Waals surface area contributed by atoms with Crippen LogP contribution in [0.5, 0.6) is 5.88 Å². The summed E-state index contributed by atoms with van der Waals surface area (Å²) in [6, 6.07) is 11.4. The highest BCUT2D eigenvalue weighted by atomic mass is 35.5. The van der Waals surface area contributed by atoms with Crippen molar-refractivity contribution in [3.63, 3.8) is 0 Å². The number of nitrogens with one attached hydrogen (secondary N) is 3. The van der Waals surface area contributed by atoms with E-state index >= 15 is 0 Å². The van der Waals surface area contributed by atoms with Gasteiger partial charge in [-0.05, 0) is 49.2 Å². The topological polar surface area (TPSA) is 147 Å². The lowest BCUT2D eigenvalue weighted by Crippen LogP contribution is -2.49. The third kappa shape index (κ3) is 6.88. The summed E-state index contributed by atoms with van der Waals surface area (Å²) in [5, 5.41) is 7.18. The molecule has 3 aromatic heterocycles. The van der Waals surface area contributed by atoms with Gasteiger partial charge in [0.2, 0.25) is 21.9 Å². The van der Waals surface area contributed by atoms with Crippen LogP contribution in [0.3, 0.4) is 0 Å². The molecule has 0 saturated carbocycles. The maximum atomic E-state index is 12.2. The van der Waals surface area contributed by atoms with Gasteiger partial charge in [0.1, 0.15) is 16.5 Å². The Kier molecular flexibility index (Phi) is 8.84. The molecule has 0 bridgehead atoms. The number of aromatic nitrogens is 4. The maximum Gasteiger partial charge on any atom is 0.239 e. The van der Waals surface area contributed by atoms with E-state index in [-0.39, 0.29) is 16.8 Å². The Morgan fingerprint density at radius 3 is 2.50 bits per heavy atom. The van der Waals surface area contributed by atoms with Crippen LogP contribution in [0.15, 0.2) is 48.8 Å². The molecule has 2 aliphatic rings. The lowest BCUT2D eigenvalue weighted by atomic mass is 10.0. The van der Waals surface area contributed by atoms with Gasteiger partial charge in [-0.25, -0.2) is 13.4 Å². The predicted octanol–water partition coefficient (Wildman–Crippen LogP) is 4.24. The number of hydrogen-bond acceptors (Lipinski definition) is 12. The standard InChI is InChI=1S/C29H34ClN9O4S/c1-42-28-24(7-8-25(35-28)39-12-9-19(10-13-39)38-14-16-43-17-15-38)34-29-32-18-21(30)27(36-29)33-23-6-5-22-20(4-3-11-31-22)26(23)37-44(2,40)41/h3-8,11,18-19,37H,9-10,12-17H2,1-2H3,(H2,32,33,34,36). The normalized spacial score (nSPS) is 16.6. The Bertz CT molecular complexity index is 1750. The van der Waals surface area contributed by atoms with Crippen molar-refractivity contribution in [2.75, 3.05) is 73.0 Å². The molecule has 2 saturated heterocycles. The van der Waals surface area contributed by atoms with E-state index in [1.165, 1.54) is 6.20 Å². The molecule has 0 spiro atoms. The van der Waals surface area contributed by atoms with Crippen LogP contribution in [-0.4, -0.2) is 92.1 Å². The van der Waals surface area contributed by atoms with Gasteiger partial charge in [-0.2, -0.15) is 9.97 Å². The fourth-order valence-corrected chi connectivity index (χ4v) is 6.30. The van der Waals surface area contributed by atoms with Crippen molar-refractivity contribution < 1.29 is 17.9 Å². The fourth-order valence-electron chi connectivity index (χ4n) is 5.58. The number of nitrogens with zero attached hydrogens (tertiary/aromatic N) is 6. The van der Waals surface area contributed by atoms with Gasteiger partial charge in [-0.15, -0.1) is 0 Å². The van der Waals surface area contributed by atoms with Crippen LogP contribution in [0.1, 0.15) is 12.8 Å². The highest BCUT2D eigenvalue weighted by molar-refractivity contribution is 7.92. The Morgan fingerprint density at radius 2 is 1.75 bits per heavy atom. The number of benzene rings is 1. The number of methoxy groups -OCH3 is 1. The van der Waals surface area contributed by atoms with E-state index in [0.29, 0.717) is 39.9 Å². The van der Waals surface area contributed by atoms with Crippen LogP contribution in [0.4, 0.5) is 34.6 Å². The molecule has 2 fully saturated rings. The van der Waals surface area contributed by atoms with Gasteiger partial charge in [0, 0.05) is 43.8 Å². The lowest BCUT2D eigenvalue weighted by Gasteiger charge is -2.40. The van der Waals surface area contributed by atoms with E-state index in [4.69, 9.17) is 26.1 Å². The molecule has 0 unspecified atom stereocenters. The van der Waals surface area contributed by atoms with Gasteiger partial charge in [-0.3, -0.25) is 14.6 Å². The van der Waals surface area contributed by atoms with Crippen LogP contribution in [-0.2, 0) is 14.8 Å². The Labute approximate surface area is 261 Å². The Hall–Kier alpha value is -3.98. The number of piperidine rings is 1. The van der Waals surface area contributed by atoms with E-state index in [1.54, 1.807) is 37.6 Å². The summed E-state index contributed by atoms with van der Waals surface area (Å²) in [6.45, 7) is 5.46. The molecule has 0 radical (unpaired) electrons. The van der Waals surface area contributed by atoms with Crippen LogP contribution in [0, 0.1) is 0 Å². The minimum absolute atomic E-state index is 0.244. The minimum Gasteiger partial charge on any atom is -0.479 e. The Morgan fingerprint density at radius 1 is 0.977 bits per heavy atom. The molecule has 2 aliphatic heterocycles. The average Bonchev–Trinajstić information content (AvgIpc) is 3.04. The van der Waals surface area contributed by atoms with Gasteiger partial charge >= 0.3 is 0 Å². The van der Waals surface area contributed by atoms with Gasteiger partial charge in [-0.1, -0.05) is 11.6 Å². The Balaban J connectivity index is 1.19. The number of hydrogen-bond donors (Lipinski definition) is 3. The van der Waals surface area contributed by atoms with Crippen LogP contribution in [0.25, 0.3) is 10.9 Å². The molecule has 0 amide bonds. The zero-order chi connectivity index (χ0) is 30.7. The number of halogens is 1. The quantitative estimate of drug-likeness (QED) is 0.241. The number of pyridine rings is 2. The SMILES string of the molecule is COc1nc(N2CCC(N3CCOCC3)CC2)ccc1Nc1ncc(Cl)c(Nc2ccc3ncccc3c2NS(C)(=O)=O)n1. The summed E-state index contributed by atoms with van der Waals surface area (Å²) in [6.07, 6.45) is 6.34. The van der Waals surface area contributed by atoms with Crippen molar-refractivity contribution in [1.29, 1.82) is 0 Å². The van der Waals surface area contributed by atoms with E-state index in [1.807, 2.05) is 12.1 Å². The summed E-state index contributed by atoms with van der Waals surface area (Å²) < 4.78 is 38.1. The molecule has 3 N–H and O–H groups in total. The number of rotatable bonds is 9. The first kappa shape index (κ1) is 30.1. The maximum absolute atomic E-state index is 12.2. The molecule has 44 heavy (non-hydrogen) atoms. The third-order valence-corrected chi connectivity index (χ3v) is 8.56. The number of anilines is 6. The van der Waals surface area contributed by atoms with Gasteiger partial charge in [0.05, 0.1) is 49.7 Å². The fraction of sp³-hybridized carbons (Fsp3) is 0.379. The van der Waals surface area contributed by atoms with E-state index in [2.05, 4.69) is 40.1 Å². The second kappa shape index (κ2) is 12.9. The third-order valence-electron chi connectivity index (χ3n) is 7.71. The second-order valence-electron chi connectivity index (χ2n) is 10.7. The number of morpholine rings is 1. The molecule has 15 heteroatoms. The molecular formula is C29H34ClN9O4S. The first-order valence-corrected chi connectivity index (χ1v) is 16.6. The van der Waals surface area contributed by atoms with Crippen LogP contribution < -0.4 is 25.0 Å². The second-order valence-corrected chi connectivity index (χ2v) is 12.8. The number of ether oxygens (including phenoxy) is 2. The zero-order valence-electron chi connectivity index (χ0n) is 24.5. The molecule has 13 nitrogen and oxygen atoms in total.